The number of carbonyl (C=O) groups excluding carboxylic acids is 1. The third-order valence-corrected chi connectivity index (χ3v) is 4.22. The molecular formula is C17H13Cl3N4O5. The summed E-state index contributed by atoms with van der Waals surface area (Å²) in [7, 11) is 0. The van der Waals surface area contributed by atoms with E-state index in [-0.39, 0.29) is 46.1 Å². The molecule has 2 aromatic carbocycles. The van der Waals surface area contributed by atoms with Crippen LogP contribution >= 0.6 is 35.6 Å². The number of benzene rings is 2. The molecule has 2 rings (SSSR count). The lowest BCUT2D eigenvalue weighted by molar-refractivity contribution is -0.384. The molecule has 0 aromatic heterocycles. The molecule has 0 saturated carbocycles. The number of nitro benzene ring substituents is 2. The van der Waals surface area contributed by atoms with Crippen LogP contribution in [0, 0.1) is 20.2 Å². The quantitative estimate of drug-likeness (QED) is 0.278. The smallest absolute Gasteiger partial charge is 0.292 e. The molecule has 0 radical (unpaired) electrons. The van der Waals surface area contributed by atoms with E-state index < -0.39 is 27.0 Å². The van der Waals surface area contributed by atoms with Gasteiger partial charge in [0.15, 0.2) is 5.78 Å². The summed E-state index contributed by atoms with van der Waals surface area (Å²) in [5.74, 6) is -0.705. The fraction of sp³-hybridized carbons (Fsp3) is 0. The first-order valence-corrected chi connectivity index (χ1v) is 8.32. The Kier molecular flexibility index (Phi) is 8.14. The van der Waals surface area contributed by atoms with E-state index in [2.05, 4.69) is 0 Å². The highest BCUT2D eigenvalue weighted by atomic mass is 35.5. The van der Waals surface area contributed by atoms with Crippen LogP contribution in [-0.4, -0.2) is 15.6 Å². The Labute approximate surface area is 180 Å². The Morgan fingerprint density at radius 1 is 0.828 bits per heavy atom. The number of anilines is 2. The molecule has 4 N–H and O–H groups in total. The molecule has 0 amide bonds. The predicted molar refractivity (Wildman–Crippen MR) is 115 cm³/mol. The lowest BCUT2D eigenvalue weighted by Crippen LogP contribution is -2.07. The van der Waals surface area contributed by atoms with Crippen molar-refractivity contribution in [2.24, 2.45) is 0 Å². The topological polar surface area (TPSA) is 155 Å². The number of nitrogens with zero attached hydrogens (tertiary/aromatic N) is 2. The van der Waals surface area contributed by atoms with E-state index in [0.29, 0.717) is 0 Å². The van der Waals surface area contributed by atoms with Crippen LogP contribution in [0.3, 0.4) is 0 Å². The summed E-state index contributed by atoms with van der Waals surface area (Å²) in [6.07, 6.45) is 0. The number of hydrogen-bond donors (Lipinski definition) is 2. The molecule has 0 heterocycles. The molecule has 152 valence electrons. The van der Waals surface area contributed by atoms with E-state index in [9.17, 15) is 25.0 Å². The summed E-state index contributed by atoms with van der Waals surface area (Å²) in [6.45, 7) is 0. The summed E-state index contributed by atoms with van der Waals surface area (Å²) in [6, 6.07) is 7.48. The van der Waals surface area contributed by atoms with Gasteiger partial charge in [0.1, 0.15) is 11.4 Å². The van der Waals surface area contributed by atoms with Gasteiger partial charge < -0.3 is 11.5 Å². The van der Waals surface area contributed by atoms with E-state index >= 15 is 0 Å². The molecule has 0 bridgehead atoms. The lowest BCUT2D eigenvalue weighted by Gasteiger charge is -2.10. The third kappa shape index (κ3) is 5.02. The van der Waals surface area contributed by atoms with Crippen molar-refractivity contribution in [2.75, 3.05) is 11.5 Å². The second-order valence-electron chi connectivity index (χ2n) is 5.44. The van der Waals surface area contributed by atoms with Gasteiger partial charge in [-0.15, -0.1) is 12.4 Å². The Bertz CT molecular complexity index is 972. The van der Waals surface area contributed by atoms with Crippen LogP contribution < -0.4 is 11.5 Å². The molecule has 0 aliphatic heterocycles. The number of Topliss-reactive ketones (excluding diaryl/α,β-unsaturated/α-hetero) is 1. The van der Waals surface area contributed by atoms with Crippen LogP contribution in [0.1, 0.15) is 11.1 Å². The maximum Gasteiger partial charge on any atom is 0.292 e. The van der Waals surface area contributed by atoms with Gasteiger partial charge in [-0.05, 0) is 23.3 Å². The number of nitrogen functional groups attached to an aromatic ring is 2. The number of rotatable bonds is 6. The minimum atomic E-state index is -0.705. The second kappa shape index (κ2) is 9.87. The van der Waals surface area contributed by atoms with Crippen molar-refractivity contribution in [1.29, 1.82) is 0 Å². The molecule has 0 atom stereocenters. The highest BCUT2D eigenvalue weighted by Crippen LogP contribution is 2.33. The normalized spacial score (nSPS) is 11.5. The number of halogens is 3. The number of ketones is 1. The first-order chi connectivity index (χ1) is 13.2. The zero-order chi connectivity index (χ0) is 21.0. The van der Waals surface area contributed by atoms with Crippen molar-refractivity contribution < 1.29 is 14.6 Å². The third-order valence-electron chi connectivity index (χ3n) is 3.78. The van der Waals surface area contributed by atoms with Gasteiger partial charge in [-0.1, -0.05) is 35.3 Å². The minimum Gasteiger partial charge on any atom is -0.393 e. The Morgan fingerprint density at radius 3 is 1.45 bits per heavy atom. The second-order valence-corrected chi connectivity index (χ2v) is 5.87. The van der Waals surface area contributed by atoms with E-state index in [4.69, 9.17) is 34.7 Å². The first-order valence-electron chi connectivity index (χ1n) is 7.45. The predicted octanol–water partition coefficient (Wildman–Crippen LogP) is 4.52. The van der Waals surface area contributed by atoms with Crippen molar-refractivity contribution in [3.8, 4) is 0 Å². The summed E-state index contributed by atoms with van der Waals surface area (Å²) < 4.78 is 0. The van der Waals surface area contributed by atoms with Crippen LogP contribution in [0.15, 0.2) is 47.5 Å². The van der Waals surface area contributed by atoms with E-state index in [0.717, 1.165) is 23.2 Å². The zero-order valence-corrected chi connectivity index (χ0v) is 16.7. The Balaban J connectivity index is 0.00000420. The Hall–Kier alpha value is -3.14. The molecule has 0 spiro atoms. The van der Waals surface area contributed by atoms with E-state index in [1.807, 2.05) is 0 Å². The molecule has 9 nitrogen and oxygen atoms in total. The van der Waals surface area contributed by atoms with Crippen LogP contribution in [0.5, 0.6) is 0 Å². The number of carbonyl (C=O) groups is 1. The van der Waals surface area contributed by atoms with Gasteiger partial charge in [-0.3, -0.25) is 25.0 Å². The van der Waals surface area contributed by atoms with Crippen LogP contribution in [0.25, 0.3) is 11.1 Å². The molecule has 0 unspecified atom stereocenters. The highest BCUT2D eigenvalue weighted by Gasteiger charge is 2.23. The summed E-state index contributed by atoms with van der Waals surface area (Å²) in [5.41, 5.74) is 12.0. The monoisotopic (exact) mass is 458 g/mol. The van der Waals surface area contributed by atoms with Gasteiger partial charge in [0.2, 0.25) is 0 Å². The number of hydrogen-bond acceptors (Lipinski definition) is 7. The van der Waals surface area contributed by atoms with E-state index in [1.54, 1.807) is 0 Å². The standard InChI is InChI=1S/C17H12Cl2N4O5.ClH/c18-7-11(9-1-3-13(20)15(5-9)22(25)26)17(24)12(8-19)10-2-4-14(21)16(6-10)23(27)28;/h1-8H,20-21H2;1H. The summed E-state index contributed by atoms with van der Waals surface area (Å²) in [5, 5.41) is 22.2. The average molecular weight is 460 g/mol. The molecule has 0 saturated heterocycles. The average Bonchev–Trinajstić information content (AvgIpc) is 2.65. The van der Waals surface area contributed by atoms with Gasteiger partial charge in [0.25, 0.3) is 11.4 Å². The van der Waals surface area contributed by atoms with Gasteiger partial charge in [0, 0.05) is 34.3 Å². The number of nitro groups is 2. The Morgan fingerprint density at radius 2 is 1.17 bits per heavy atom. The van der Waals surface area contributed by atoms with Crippen LogP contribution in [0.2, 0.25) is 0 Å². The molecule has 0 aliphatic carbocycles. The first kappa shape index (κ1) is 23.9. The van der Waals surface area contributed by atoms with Crippen LogP contribution in [0.4, 0.5) is 22.7 Å². The SMILES string of the molecule is Cl.Nc1ccc(C(=CCl)C(=O)C(=CCl)c2ccc(N)c([N+](=O)[O-])c2)cc1[N+](=O)[O-]. The highest BCUT2D eigenvalue weighted by molar-refractivity contribution is 6.49. The lowest BCUT2D eigenvalue weighted by atomic mass is 9.93. The maximum atomic E-state index is 12.9. The molecule has 0 fully saturated rings. The van der Waals surface area contributed by atoms with Crippen molar-refractivity contribution in [3.05, 3.63) is 78.8 Å². The molecular weight excluding hydrogens is 447 g/mol. The summed E-state index contributed by atoms with van der Waals surface area (Å²) in [4.78, 5) is 33.7. The molecule has 12 heteroatoms. The van der Waals surface area contributed by atoms with E-state index in [1.165, 1.54) is 24.3 Å². The maximum absolute atomic E-state index is 12.9. The van der Waals surface area contributed by atoms with Crippen LogP contribution in [-0.2, 0) is 4.79 Å². The van der Waals surface area contributed by atoms with Crippen molar-refractivity contribution in [2.45, 2.75) is 0 Å². The number of allylic oxidation sites excluding steroid dienone is 2. The zero-order valence-electron chi connectivity index (χ0n) is 14.4. The van der Waals surface area contributed by atoms with Crippen molar-refractivity contribution >= 4 is 75.3 Å². The summed E-state index contributed by atoms with van der Waals surface area (Å²) >= 11 is 11.6. The fourth-order valence-corrected chi connectivity index (χ4v) is 2.82. The fourth-order valence-electron chi connectivity index (χ4n) is 2.37. The molecule has 2 aromatic rings. The minimum absolute atomic E-state index is 0. The van der Waals surface area contributed by atoms with Crippen molar-refractivity contribution in [1.82, 2.24) is 0 Å². The molecule has 29 heavy (non-hydrogen) atoms. The van der Waals surface area contributed by atoms with Gasteiger partial charge >= 0.3 is 0 Å². The van der Waals surface area contributed by atoms with Gasteiger partial charge in [0.05, 0.1) is 9.85 Å². The number of nitrogens with two attached hydrogens (primary N) is 2. The largest absolute Gasteiger partial charge is 0.393 e. The van der Waals surface area contributed by atoms with Gasteiger partial charge in [-0.2, -0.15) is 0 Å². The van der Waals surface area contributed by atoms with Gasteiger partial charge in [-0.25, -0.2) is 0 Å². The molecule has 0 aliphatic rings. The van der Waals surface area contributed by atoms with Crippen molar-refractivity contribution in [3.63, 3.8) is 0 Å².